The first-order valence-electron chi connectivity index (χ1n) is 10.1. The maximum Gasteiger partial charge on any atom is 0.195 e. The highest BCUT2D eigenvalue weighted by molar-refractivity contribution is 5.45. The van der Waals surface area contributed by atoms with Gasteiger partial charge in [0.05, 0.1) is 25.6 Å². The highest BCUT2D eigenvalue weighted by Crippen LogP contribution is 2.42. The molecule has 2 aliphatic heterocycles. The molecule has 4 heterocycles. The Morgan fingerprint density at radius 1 is 1.14 bits per heavy atom. The molecule has 29 heavy (non-hydrogen) atoms. The first kappa shape index (κ1) is 18.3. The van der Waals surface area contributed by atoms with Gasteiger partial charge in [0.15, 0.2) is 11.6 Å². The molecule has 0 bridgehead atoms. The minimum atomic E-state index is -0.157. The van der Waals surface area contributed by atoms with Gasteiger partial charge in [-0.05, 0) is 54.7 Å². The van der Waals surface area contributed by atoms with Crippen molar-refractivity contribution in [1.82, 2.24) is 14.9 Å². The third kappa shape index (κ3) is 3.54. The van der Waals surface area contributed by atoms with Crippen molar-refractivity contribution in [3.63, 3.8) is 0 Å². The third-order valence-electron chi connectivity index (χ3n) is 6.07. The van der Waals surface area contributed by atoms with Crippen molar-refractivity contribution >= 4 is 0 Å². The molecule has 1 aromatic carbocycles. The molecule has 1 fully saturated rings. The summed E-state index contributed by atoms with van der Waals surface area (Å²) in [4.78, 5) is 11.4. The molecule has 0 amide bonds. The largest absolute Gasteiger partial charge is 0.497 e. The molecule has 1 spiro atoms. The van der Waals surface area contributed by atoms with E-state index in [-0.39, 0.29) is 5.60 Å². The van der Waals surface area contributed by atoms with Gasteiger partial charge in [0, 0.05) is 37.6 Å². The number of fused-ring (bicyclic) bond motifs is 2. The summed E-state index contributed by atoms with van der Waals surface area (Å²) in [5, 5.41) is 0. The van der Waals surface area contributed by atoms with E-state index in [9.17, 15) is 0 Å². The molecule has 2 aliphatic rings. The van der Waals surface area contributed by atoms with Crippen molar-refractivity contribution in [3.8, 4) is 17.3 Å². The lowest BCUT2D eigenvalue weighted by atomic mass is 9.79. The van der Waals surface area contributed by atoms with E-state index in [1.54, 1.807) is 13.4 Å². The number of rotatable bonds is 4. The Morgan fingerprint density at radius 2 is 1.97 bits per heavy atom. The van der Waals surface area contributed by atoms with Crippen molar-refractivity contribution in [2.45, 2.75) is 31.4 Å². The lowest BCUT2D eigenvalue weighted by Gasteiger charge is -2.45. The van der Waals surface area contributed by atoms with Gasteiger partial charge in [-0.1, -0.05) is 6.07 Å². The number of hydrogen-bond donors (Lipinski definition) is 0. The fourth-order valence-corrected chi connectivity index (χ4v) is 4.50. The third-order valence-corrected chi connectivity index (χ3v) is 6.07. The smallest absolute Gasteiger partial charge is 0.195 e. The number of hydrogen-bond acceptors (Lipinski definition) is 6. The minimum Gasteiger partial charge on any atom is -0.497 e. The van der Waals surface area contributed by atoms with Gasteiger partial charge >= 0.3 is 0 Å². The Labute approximate surface area is 170 Å². The summed E-state index contributed by atoms with van der Waals surface area (Å²) < 4.78 is 17.1. The van der Waals surface area contributed by atoms with Crippen LogP contribution in [-0.4, -0.2) is 41.7 Å². The molecule has 6 heteroatoms. The van der Waals surface area contributed by atoms with Crippen LogP contribution in [0.5, 0.6) is 5.75 Å². The van der Waals surface area contributed by atoms with E-state index in [2.05, 4.69) is 33.1 Å². The fraction of sp³-hybridized carbons (Fsp3) is 0.391. The van der Waals surface area contributed by atoms with Crippen molar-refractivity contribution in [2.75, 3.05) is 26.8 Å². The number of methoxy groups -OCH3 is 1. The lowest BCUT2D eigenvalue weighted by Crippen LogP contribution is -2.46. The molecule has 2 aromatic heterocycles. The fourth-order valence-electron chi connectivity index (χ4n) is 4.50. The van der Waals surface area contributed by atoms with E-state index in [0.29, 0.717) is 11.6 Å². The van der Waals surface area contributed by atoms with Crippen LogP contribution in [0.2, 0.25) is 0 Å². The summed E-state index contributed by atoms with van der Waals surface area (Å²) in [5.74, 6) is 2.25. The van der Waals surface area contributed by atoms with E-state index in [4.69, 9.17) is 13.9 Å². The number of aromatic nitrogens is 2. The molecule has 5 rings (SSSR count). The van der Waals surface area contributed by atoms with Gasteiger partial charge in [0.25, 0.3) is 0 Å². The summed E-state index contributed by atoms with van der Waals surface area (Å²) in [6.45, 7) is 3.61. The summed E-state index contributed by atoms with van der Waals surface area (Å²) in [6.07, 6.45) is 8.38. The summed E-state index contributed by atoms with van der Waals surface area (Å²) in [6, 6.07) is 10.1. The number of benzene rings is 1. The molecule has 1 saturated heterocycles. The highest BCUT2D eigenvalue weighted by Gasteiger charge is 2.40. The van der Waals surface area contributed by atoms with E-state index in [1.807, 2.05) is 24.5 Å². The molecular formula is C23H25N3O3. The Hall–Kier alpha value is -2.70. The molecular weight excluding hydrogens is 366 g/mol. The predicted octanol–water partition coefficient (Wildman–Crippen LogP) is 3.81. The molecule has 0 unspecified atom stereocenters. The van der Waals surface area contributed by atoms with E-state index in [0.717, 1.165) is 56.8 Å². The number of furan rings is 1. The number of likely N-dealkylation sites (tertiary alicyclic amines) is 1. The van der Waals surface area contributed by atoms with Crippen LogP contribution in [-0.2, 0) is 23.3 Å². The van der Waals surface area contributed by atoms with Crippen LogP contribution in [0.15, 0.2) is 53.4 Å². The molecule has 150 valence electrons. The Balaban J connectivity index is 1.25. The first-order valence-corrected chi connectivity index (χ1v) is 10.1. The van der Waals surface area contributed by atoms with Crippen LogP contribution in [0, 0.1) is 0 Å². The van der Waals surface area contributed by atoms with E-state index in [1.165, 1.54) is 11.1 Å². The number of piperidine rings is 1. The van der Waals surface area contributed by atoms with Gasteiger partial charge in [-0.15, -0.1) is 0 Å². The Bertz CT molecular complexity index is 962. The predicted molar refractivity (Wildman–Crippen MR) is 109 cm³/mol. The number of nitrogens with zero attached hydrogens (tertiary/aromatic N) is 3. The quantitative estimate of drug-likeness (QED) is 0.674. The van der Waals surface area contributed by atoms with Gasteiger partial charge < -0.3 is 13.9 Å². The Morgan fingerprint density at radius 3 is 2.69 bits per heavy atom. The minimum absolute atomic E-state index is 0.157. The van der Waals surface area contributed by atoms with Crippen LogP contribution in [0.3, 0.4) is 0 Å². The average molecular weight is 391 g/mol. The van der Waals surface area contributed by atoms with Gasteiger partial charge in [-0.3, -0.25) is 4.90 Å². The lowest BCUT2D eigenvalue weighted by molar-refractivity contribution is -0.0989. The summed E-state index contributed by atoms with van der Waals surface area (Å²) in [5.41, 5.74) is 3.67. The van der Waals surface area contributed by atoms with Crippen LogP contribution in [0.25, 0.3) is 11.6 Å². The maximum absolute atomic E-state index is 6.36. The van der Waals surface area contributed by atoms with Crippen molar-refractivity contribution in [1.29, 1.82) is 0 Å². The molecule has 0 N–H and O–H groups in total. The van der Waals surface area contributed by atoms with Crippen LogP contribution in [0.1, 0.15) is 29.5 Å². The molecule has 0 saturated carbocycles. The zero-order valence-corrected chi connectivity index (χ0v) is 16.6. The maximum atomic E-state index is 6.36. The normalized spacial score (nSPS) is 18.5. The van der Waals surface area contributed by atoms with Gasteiger partial charge in [-0.25, -0.2) is 9.97 Å². The van der Waals surface area contributed by atoms with E-state index >= 15 is 0 Å². The van der Waals surface area contributed by atoms with Crippen LogP contribution >= 0.6 is 0 Å². The van der Waals surface area contributed by atoms with Crippen LogP contribution < -0.4 is 4.74 Å². The van der Waals surface area contributed by atoms with E-state index < -0.39 is 0 Å². The standard InChI is InChI=1S/C23H25N3O3/c1-27-19-4-5-20-18(13-19)6-12-29-23(20)7-9-26(10-8-23)16-17-14-24-22(25-15-17)21-3-2-11-28-21/h2-5,11,13-15H,6-10,12,16H2,1H3. The molecule has 0 aliphatic carbocycles. The van der Waals surface area contributed by atoms with Crippen molar-refractivity contribution in [3.05, 3.63) is 65.7 Å². The second kappa shape index (κ2) is 7.61. The highest BCUT2D eigenvalue weighted by atomic mass is 16.5. The van der Waals surface area contributed by atoms with Crippen LogP contribution in [0.4, 0.5) is 0 Å². The first-order chi connectivity index (χ1) is 14.3. The van der Waals surface area contributed by atoms with Gasteiger partial charge in [-0.2, -0.15) is 0 Å². The topological polar surface area (TPSA) is 60.6 Å². The molecule has 6 nitrogen and oxygen atoms in total. The second-order valence-corrected chi connectivity index (χ2v) is 7.78. The Kier molecular flexibility index (Phi) is 4.81. The SMILES string of the molecule is COc1ccc2c(c1)CCOC21CCN(Cc2cnc(-c3ccco3)nc2)CC1. The summed E-state index contributed by atoms with van der Waals surface area (Å²) >= 11 is 0. The monoisotopic (exact) mass is 391 g/mol. The van der Waals surface area contributed by atoms with Gasteiger partial charge in [0.2, 0.25) is 0 Å². The summed E-state index contributed by atoms with van der Waals surface area (Å²) in [7, 11) is 1.72. The van der Waals surface area contributed by atoms with Crippen molar-refractivity contribution < 1.29 is 13.9 Å². The van der Waals surface area contributed by atoms with Crippen molar-refractivity contribution in [2.24, 2.45) is 0 Å². The average Bonchev–Trinajstić information content (AvgIpc) is 3.31. The molecule has 0 radical (unpaired) electrons. The second-order valence-electron chi connectivity index (χ2n) is 7.78. The molecule has 3 aromatic rings. The molecule has 0 atom stereocenters. The van der Waals surface area contributed by atoms with Gasteiger partial charge in [0.1, 0.15) is 5.75 Å². The zero-order valence-electron chi connectivity index (χ0n) is 16.6. The number of ether oxygens (including phenoxy) is 2. The zero-order chi connectivity index (χ0) is 19.7.